The second-order valence-corrected chi connectivity index (χ2v) is 7.04. The Morgan fingerprint density at radius 3 is 2.81 bits per heavy atom. The van der Waals surface area contributed by atoms with Crippen molar-refractivity contribution in [2.24, 2.45) is 5.41 Å². The van der Waals surface area contributed by atoms with Gasteiger partial charge in [0.05, 0.1) is 16.1 Å². The molecule has 21 heavy (non-hydrogen) atoms. The molecule has 1 aromatic rings. The fourth-order valence-electron chi connectivity index (χ4n) is 2.56. The SMILES string of the molecule is CC1(C(=O)O)CCCC1NC(=O)Nc1ccc(I)cc1Cl. The van der Waals surface area contributed by atoms with Gasteiger partial charge in [-0.2, -0.15) is 0 Å². The van der Waals surface area contributed by atoms with E-state index in [1.54, 1.807) is 19.1 Å². The summed E-state index contributed by atoms with van der Waals surface area (Å²) >= 11 is 8.18. The van der Waals surface area contributed by atoms with Crippen molar-refractivity contribution in [1.29, 1.82) is 0 Å². The number of hydrogen-bond acceptors (Lipinski definition) is 2. The van der Waals surface area contributed by atoms with Gasteiger partial charge < -0.3 is 15.7 Å². The number of carboxylic acid groups (broad SMARTS) is 1. The van der Waals surface area contributed by atoms with Crippen LogP contribution in [-0.4, -0.2) is 23.1 Å². The number of hydrogen-bond donors (Lipinski definition) is 3. The van der Waals surface area contributed by atoms with E-state index in [-0.39, 0.29) is 6.04 Å². The van der Waals surface area contributed by atoms with Gasteiger partial charge in [0.2, 0.25) is 0 Å². The van der Waals surface area contributed by atoms with Crippen molar-refractivity contribution in [2.75, 3.05) is 5.32 Å². The van der Waals surface area contributed by atoms with Gasteiger partial charge in [0, 0.05) is 9.61 Å². The Morgan fingerprint density at radius 1 is 1.48 bits per heavy atom. The third-order valence-corrected chi connectivity index (χ3v) is 4.91. The Bertz CT molecular complexity index is 581. The average molecular weight is 423 g/mol. The lowest BCUT2D eigenvalue weighted by Crippen LogP contribution is -2.48. The molecule has 2 amide bonds. The minimum Gasteiger partial charge on any atom is -0.481 e. The molecule has 0 aromatic heterocycles. The smallest absolute Gasteiger partial charge is 0.319 e. The number of amides is 2. The van der Waals surface area contributed by atoms with Crippen molar-refractivity contribution in [2.45, 2.75) is 32.2 Å². The molecule has 2 unspecified atom stereocenters. The number of carbonyl (C=O) groups is 2. The molecule has 0 radical (unpaired) electrons. The summed E-state index contributed by atoms with van der Waals surface area (Å²) in [6, 6.07) is 4.48. The van der Waals surface area contributed by atoms with Crippen LogP contribution in [0.4, 0.5) is 10.5 Å². The number of anilines is 1. The highest BCUT2D eigenvalue weighted by Crippen LogP contribution is 2.38. The van der Waals surface area contributed by atoms with Gasteiger partial charge in [-0.1, -0.05) is 18.0 Å². The van der Waals surface area contributed by atoms with Crippen molar-refractivity contribution < 1.29 is 14.7 Å². The lowest BCUT2D eigenvalue weighted by atomic mass is 9.85. The molecule has 1 fully saturated rings. The van der Waals surface area contributed by atoms with Gasteiger partial charge in [-0.05, 0) is 60.6 Å². The van der Waals surface area contributed by atoms with Gasteiger partial charge in [-0.25, -0.2) is 4.79 Å². The van der Waals surface area contributed by atoms with E-state index in [2.05, 4.69) is 33.2 Å². The molecule has 0 aliphatic heterocycles. The highest BCUT2D eigenvalue weighted by Gasteiger charge is 2.45. The van der Waals surface area contributed by atoms with E-state index in [0.29, 0.717) is 23.6 Å². The van der Waals surface area contributed by atoms with Crippen molar-refractivity contribution in [1.82, 2.24) is 5.32 Å². The van der Waals surface area contributed by atoms with Crippen LogP contribution in [-0.2, 0) is 4.79 Å². The molecule has 7 heteroatoms. The monoisotopic (exact) mass is 422 g/mol. The van der Waals surface area contributed by atoms with Crippen LogP contribution >= 0.6 is 34.2 Å². The van der Waals surface area contributed by atoms with Gasteiger partial charge in [0.15, 0.2) is 0 Å². The molecule has 114 valence electrons. The van der Waals surface area contributed by atoms with E-state index in [4.69, 9.17) is 11.6 Å². The third kappa shape index (κ3) is 3.60. The molecule has 1 saturated carbocycles. The van der Waals surface area contributed by atoms with E-state index in [1.165, 1.54) is 0 Å². The van der Waals surface area contributed by atoms with E-state index in [1.807, 2.05) is 6.07 Å². The Balaban J connectivity index is 2.03. The van der Waals surface area contributed by atoms with Gasteiger partial charge in [-0.3, -0.25) is 4.79 Å². The zero-order chi connectivity index (χ0) is 15.6. The van der Waals surface area contributed by atoms with Crippen LogP contribution in [0.5, 0.6) is 0 Å². The van der Waals surface area contributed by atoms with E-state index < -0.39 is 17.4 Å². The van der Waals surface area contributed by atoms with Gasteiger partial charge in [0.1, 0.15) is 0 Å². The maximum atomic E-state index is 12.0. The standard InChI is InChI=1S/C14H16ClIN2O3/c1-14(12(19)20)6-2-3-11(14)18-13(21)17-10-5-4-8(16)7-9(10)15/h4-5,7,11H,2-3,6H2,1H3,(H,19,20)(H2,17,18,21). The van der Waals surface area contributed by atoms with Crippen LogP contribution in [0.1, 0.15) is 26.2 Å². The first-order chi connectivity index (χ1) is 9.83. The number of carbonyl (C=O) groups excluding carboxylic acids is 1. The predicted octanol–water partition coefficient (Wildman–Crippen LogP) is 3.71. The number of urea groups is 1. The lowest BCUT2D eigenvalue weighted by Gasteiger charge is -2.27. The number of nitrogens with one attached hydrogen (secondary N) is 2. The summed E-state index contributed by atoms with van der Waals surface area (Å²) in [5, 5.41) is 15.2. The molecular formula is C14H16ClIN2O3. The van der Waals surface area contributed by atoms with E-state index >= 15 is 0 Å². The summed E-state index contributed by atoms with van der Waals surface area (Å²) in [4.78, 5) is 23.4. The zero-order valence-electron chi connectivity index (χ0n) is 11.5. The molecule has 1 aliphatic rings. The number of benzene rings is 1. The summed E-state index contributed by atoms with van der Waals surface area (Å²) in [6.45, 7) is 1.67. The maximum Gasteiger partial charge on any atom is 0.319 e. The van der Waals surface area contributed by atoms with E-state index in [0.717, 1.165) is 9.99 Å². The van der Waals surface area contributed by atoms with Crippen LogP contribution in [0.2, 0.25) is 5.02 Å². The molecular weight excluding hydrogens is 407 g/mol. The molecule has 5 nitrogen and oxygen atoms in total. The number of aliphatic carboxylic acids is 1. The molecule has 2 atom stereocenters. The average Bonchev–Trinajstić information content (AvgIpc) is 2.76. The highest BCUT2D eigenvalue weighted by molar-refractivity contribution is 14.1. The summed E-state index contributed by atoms with van der Waals surface area (Å²) in [7, 11) is 0. The lowest BCUT2D eigenvalue weighted by molar-refractivity contribution is -0.148. The maximum absolute atomic E-state index is 12.0. The Hall–Kier alpha value is -1.02. The van der Waals surface area contributed by atoms with E-state index in [9.17, 15) is 14.7 Å². The van der Waals surface area contributed by atoms with Crippen molar-refractivity contribution in [3.63, 3.8) is 0 Å². The second kappa shape index (κ2) is 6.39. The largest absolute Gasteiger partial charge is 0.481 e. The van der Waals surface area contributed by atoms with Crippen LogP contribution < -0.4 is 10.6 Å². The topological polar surface area (TPSA) is 78.4 Å². The minimum atomic E-state index is -0.910. The zero-order valence-corrected chi connectivity index (χ0v) is 14.4. The van der Waals surface area contributed by atoms with Gasteiger partial charge >= 0.3 is 12.0 Å². The second-order valence-electron chi connectivity index (χ2n) is 5.39. The van der Waals surface area contributed by atoms with Crippen molar-refractivity contribution >= 4 is 51.9 Å². The molecule has 1 aliphatic carbocycles. The first-order valence-electron chi connectivity index (χ1n) is 6.59. The van der Waals surface area contributed by atoms with Gasteiger partial charge in [-0.15, -0.1) is 0 Å². The Labute approximate surface area is 141 Å². The normalized spacial score (nSPS) is 24.6. The van der Waals surface area contributed by atoms with Crippen LogP contribution in [0.3, 0.4) is 0 Å². The van der Waals surface area contributed by atoms with Gasteiger partial charge in [0.25, 0.3) is 0 Å². The summed E-state index contributed by atoms with van der Waals surface area (Å²) in [5.41, 5.74) is -0.405. The number of halogens is 2. The fourth-order valence-corrected chi connectivity index (χ4v) is 3.46. The molecule has 0 spiro atoms. The Morgan fingerprint density at radius 2 is 2.19 bits per heavy atom. The minimum absolute atomic E-state index is 0.377. The van der Waals surface area contributed by atoms with Crippen molar-refractivity contribution in [3.05, 3.63) is 26.8 Å². The van der Waals surface area contributed by atoms with Crippen molar-refractivity contribution in [3.8, 4) is 0 Å². The fraction of sp³-hybridized carbons (Fsp3) is 0.429. The Kier molecular flexibility index (Phi) is 4.98. The quantitative estimate of drug-likeness (QED) is 0.650. The first kappa shape index (κ1) is 16.4. The molecule has 0 heterocycles. The molecule has 0 bridgehead atoms. The summed E-state index contributed by atoms with van der Waals surface area (Å²) < 4.78 is 0.970. The molecule has 2 rings (SSSR count). The summed E-state index contributed by atoms with van der Waals surface area (Å²) in [5.74, 6) is -0.877. The molecule has 3 N–H and O–H groups in total. The molecule has 1 aromatic carbocycles. The number of rotatable bonds is 3. The van der Waals surface area contributed by atoms with Crippen LogP contribution in [0, 0.1) is 8.99 Å². The molecule has 0 saturated heterocycles. The number of carboxylic acids is 1. The highest BCUT2D eigenvalue weighted by atomic mass is 127. The summed E-state index contributed by atoms with van der Waals surface area (Å²) in [6.07, 6.45) is 2.02. The van der Waals surface area contributed by atoms with Crippen LogP contribution in [0.15, 0.2) is 18.2 Å². The third-order valence-electron chi connectivity index (χ3n) is 3.93. The van der Waals surface area contributed by atoms with Crippen LogP contribution in [0.25, 0.3) is 0 Å². The first-order valence-corrected chi connectivity index (χ1v) is 8.04. The predicted molar refractivity (Wildman–Crippen MR) is 89.7 cm³/mol.